The molecule has 0 aliphatic rings. The summed E-state index contributed by atoms with van der Waals surface area (Å²) in [6.45, 7) is 6.35. The number of halogens is 1. The van der Waals surface area contributed by atoms with Crippen LogP contribution in [0.1, 0.15) is 31.2 Å². The molecule has 3 heteroatoms. The van der Waals surface area contributed by atoms with Crippen LogP contribution in [0.25, 0.3) is 11.3 Å². The smallest absolute Gasteiger partial charge is 0.109 e. The van der Waals surface area contributed by atoms with E-state index in [1.807, 2.05) is 6.20 Å². The van der Waals surface area contributed by atoms with Gasteiger partial charge in [0.05, 0.1) is 11.9 Å². The van der Waals surface area contributed by atoms with Gasteiger partial charge in [-0.3, -0.25) is 0 Å². The van der Waals surface area contributed by atoms with E-state index in [1.165, 1.54) is 5.56 Å². The van der Waals surface area contributed by atoms with Crippen LogP contribution in [0.3, 0.4) is 0 Å². The van der Waals surface area contributed by atoms with E-state index in [0.29, 0.717) is 5.92 Å². The number of rotatable bonds is 2. The number of aromatic nitrogens is 2. The summed E-state index contributed by atoms with van der Waals surface area (Å²) in [6.07, 6.45) is 1.89. The molecule has 0 saturated heterocycles. The number of aromatic amines is 1. The van der Waals surface area contributed by atoms with Crippen LogP contribution in [0.5, 0.6) is 0 Å². The Morgan fingerprint density at radius 3 is 2.62 bits per heavy atom. The van der Waals surface area contributed by atoms with E-state index < -0.39 is 0 Å². The third-order valence-corrected chi connectivity index (χ3v) is 3.21. The summed E-state index contributed by atoms with van der Waals surface area (Å²) in [5.74, 6) is 1.46. The van der Waals surface area contributed by atoms with Crippen molar-refractivity contribution < 1.29 is 0 Å². The monoisotopic (exact) mass is 278 g/mol. The molecule has 1 N–H and O–H groups in total. The van der Waals surface area contributed by atoms with Crippen molar-refractivity contribution in [2.45, 2.75) is 26.7 Å². The van der Waals surface area contributed by atoms with Crippen LogP contribution in [-0.2, 0) is 0 Å². The first-order chi connectivity index (χ1) is 7.58. The molecule has 1 aromatic carbocycles. The SMILES string of the molecule is Cc1ccc(-c2cnc(C(C)C)[nH]2)c(Br)c1. The van der Waals surface area contributed by atoms with Crippen molar-refractivity contribution in [3.63, 3.8) is 0 Å². The van der Waals surface area contributed by atoms with Gasteiger partial charge in [0.2, 0.25) is 0 Å². The number of aryl methyl sites for hydroxylation is 1. The Hall–Kier alpha value is -1.09. The Morgan fingerprint density at radius 2 is 2.06 bits per heavy atom. The van der Waals surface area contributed by atoms with Crippen molar-refractivity contribution in [2.24, 2.45) is 0 Å². The van der Waals surface area contributed by atoms with Gasteiger partial charge in [-0.15, -0.1) is 0 Å². The summed E-state index contributed by atoms with van der Waals surface area (Å²) in [7, 11) is 0. The van der Waals surface area contributed by atoms with Crippen LogP contribution in [-0.4, -0.2) is 9.97 Å². The largest absolute Gasteiger partial charge is 0.342 e. The number of benzene rings is 1. The number of nitrogens with zero attached hydrogens (tertiary/aromatic N) is 1. The standard InChI is InChI=1S/C13H15BrN2/c1-8(2)13-15-7-12(16-13)10-5-4-9(3)6-11(10)14/h4-8H,1-3H3,(H,15,16). The first-order valence-corrected chi connectivity index (χ1v) is 6.18. The van der Waals surface area contributed by atoms with E-state index >= 15 is 0 Å². The van der Waals surface area contributed by atoms with Gasteiger partial charge >= 0.3 is 0 Å². The first kappa shape index (κ1) is 11.4. The second-order valence-corrected chi connectivity index (χ2v) is 5.17. The lowest BCUT2D eigenvalue weighted by atomic mass is 10.1. The van der Waals surface area contributed by atoms with Gasteiger partial charge in [-0.2, -0.15) is 0 Å². The first-order valence-electron chi connectivity index (χ1n) is 5.39. The minimum Gasteiger partial charge on any atom is -0.342 e. The molecule has 16 heavy (non-hydrogen) atoms. The summed E-state index contributed by atoms with van der Waals surface area (Å²) in [5, 5.41) is 0. The molecule has 0 unspecified atom stereocenters. The predicted octanol–water partition coefficient (Wildman–Crippen LogP) is 4.27. The van der Waals surface area contributed by atoms with Crippen molar-refractivity contribution >= 4 is 15.9 Å². The zero-order valence-electron chi connectivity index (χ0n) is 9.71. The zero-order chi connectivity index (χ0) is 11.7. The fourth-order valence-electron chi connectivity index (χ4n) is 1.61. The lowest BCUT2D eigenvalue weighted by Crippen LogP contribution is -1.89. The quantitative estimate of drug-likeness (QED) is 0.873. The third kappa shape index (κ3) is 2.19. The molecule has 0 aliphatic heterocycles. The van der Waals surface area contributed by atoms with E-state index in [4.69, 9.17) is 0 Å². The summed E-state index contributed by atoms with van der Waals surface area (Å²) in [4.78, 5) is 7.73. The van der Waals surface area contributed by atoms with Crippen molar-refractivity contribution in [3.05, 3.63) is 40.3 Å². The number of imidazole rings is 1. The Morgan fingerprint density at radius 1 is 1.31 bits per heavy atom. The van der Waals surface area contributed by atoms with E-state index in [-0.39, 0.29) is 0 Å². The Labute approximate surface area is 104 Å². The number of H-pyrrole nitrogens is 1. The lowest BCUT2D eigenvalue weighted by molar-refractivity contribution is 0.795. The molecule has 1 heterocycles. The summed E-state index contributed by atoms with van der Waals surface area (Å²) in [5.41, 5.74) is 3.47. The minimum atomic E-state index is 0.429. The van der Waals surface area contributed by atoms with Crippen molar-refractivity contribution in [1.29, 1.82) is 0 Å². The van der Waals surface area contributed by atoms with E-state index in [9.17, 15) is 0 Å². The second kappa shape index (κ2) is 4.42. The van der Waals surface area contributed by atoms with Gasteiger partial charge in [-0.05, 0) is 18.6 Å². The molecule has 2 rings (SSSR count). The van der Waals surface area contributed by atoms with Gasteiger partial charge < -0.3 is 4.98 Å². The summed E-state index contributed by atoms with van der Waals surface area (Å²) < 4.78 is 1.10. The Kier molecular flexibility index (Phi) is 3.15. The Balaban J connectivity index is 2.42. The highest BCUT2D eigenvalue weighted by molar-refractivity contribution is 9.10. The van der Waals surface area contributed by atoms with Gasteiger partial charge in [0.1, 0.15) is 5.82 Å². The highest BCUT2D eigenvalue weighted by Crippen LogP contribution is 2.28. The van der Waals surface area contributed by atoms with E-state index in [2.05, 4.69) is 64.9 Å². The molecule has 0 radical (unpaired) electrons. The average molecular weight is 279 g/mol. The molecular formula is C13H15BrN2. The molecule has 0 aliphatic carbocycles. The average Bonchev–Trinajstić information content (AvgIpc) is 2.66. The lowest BCUT2D eigenvalue weighted by Gasteiger charge is -2.03. The van der Waals surface area contributed by atoms with Crippen LogP contribution < -0.4 is 0 Å². The molecule has 2 aromatic rings. The van der Waals surface area contributed by atoms with E-state index in [1.54, 1.807) is 0 Å². The highest BCUT2D eigenvalue weighted by atomic mass is 79.9. The van der Waals surface area contributed by atoms with Crippen LogP contribution in [0, 0.1) is 6.92 Å². The molecule has 0 atom stereocenters. The van der Waals surface area contributed by atoms with Gasteiger partial charge in [0.25, 0.3) is 0 Å². The fraction of sp³-hybridized carbons (Fsp3) is 0.308. The molecule has 1 aromatic heterocycles. The van der Waals surface area contributed by atoms with Crippen LogP contribution in [0.15, 0.2) is 28.9 Å². The normalized spacial score (nSPS) is 11.1. The van der Waals surface area contributed by atoms with Crippen molar-refractivity contribution in [2.75, 3.05) is 0 Å². The zero-order valence-corrected chi connectivity index (χ0v) is 11.3. The van der Waals surface area contributed by atoms with Crippen LogP contribution in [0.4, 0.5) is 0 Å². The fourth-order valence-corrected chi connectivity index (χ4v) is 2.31. The predicted molar refractivity (Wildman–Crippen MR) is 70.5 cm³/mol. The topological polar surface area (TPSA) is 28.7 Å². The van der Waals surface area contributed by atoms with Gasteiger partial charge in [0.15, 0.2) is 0 Å². The van der Waals surface area contributed by atoms with Gasteiger partial charge in [0, 0.05) is 16.0 Å². The number of hydrogen-bond acceptors (Lipinski definition) is 1. The molecule has 0 amide bonds. The third-order valence-electron chi connectivity index (χ3n) is 2.56. The number of hydrogen-bond donors (Lipinski definition) is 1. The molecule has 0 fully saturated rings. The van der Waals surface area contributed by atoms with Crippen molar-refractivity contribution in [1.82, 2.24) is 9.97 Å². The summed E-state index contributed by atoms with van der Waals surface area (Å²) in [6, 6.07) is 6.33. The molecule has 0 spiro atoms. The van der Waals surface area contributed by atoms with Crippen LogP contribution >= 0.6 is 15.9 Å². The molecule has 0 saturated carbocycles. The summed E-state index contributed by atoms with van der Waals surface area (Å²) >= 11 is 3.58. The second-order valence-electron chi connectivity index (χ2n) is 4.32. The van der Waals surface area contributed by atoms with Gasteiger partial charge in [-0.1, -0.05) is 41.9 Å². The molecule has 0 bridgehead atoms. The molecule has 2 nitrogen and oxygen atoms in total. The minimum absolute atomic E-state index is 0.429. The maximum atomic E-state index is 4.38. The van der Waals surface area contributed by atoms with Crippen molar-refractivity contribution in [3.8, 4) is 11.3 Å². The molecular weight excluding hydrogens is 264 g/mol. The van der Waals surface area contributed by atoms with Gasteiger partial charge in [-0.25, -0.2) is 4.98 Å². The Bertz CT molecular complexity index is 500. The molecule has 84 valence electrons. The highest BCUT2D eigenvalue weighted by Gasteiger charge is 2.08. The maximum absolute atomic E-state index is 4.38. The number of nitrogens with one attached hydrogen (secondary N) is 1. The van der Waals surface area contributed by atoms with Crippen LogP contribution in [0.2, 0.25) is 0 Å². The van der Waals surface area contributed by atoms with E-state index in [0.717, 1.165) is 21.6 Å². The maximum Gasteiger partial charge on any atom is 0.109 e.